The minimum absolute atomic E-state index is 0.0282. The Bertz CT molecular complexity index is 4530. The van der Waals surface area contributed by atoms with Gasteiger partial charge in [-0.3, -0.25) is 43.8 Å². The first-order chi connectivity index (χ1) is 53.0. The highest BCUT2D eigenvalue weighted by molar-refractivity contribution is 6.35. The highest BCUT2D eigenvalue weighted by Crippen LogP contribution is 2.38. The minimum Gasteiger partial charge on any atom is -0.479 e. The molecule has 8 aromatic rings. The van der Waals surface area contributed by atoms with Gasteiger partial charge in [-0.2, -0.15) is 0 Å². The van der Waals surface area contributed by atoms with Crippen molar-refractivity contribution < 1.29 is 82.0 Å². The van der Waals surface area contributed by atoms with Crippen LogP contribution >= 0.6 is 11.6 Å². The molecule has 29 heteroatoms. The lowest BCUT2D eigenvalue weighted by Gasteiger charge is -2.52. The first-order valence-corrected chi connectivity index (χ1v) is 35.2. The molecular formula is C80H78ClN11O17. The van der Waals surface area contributed by atoms with Gasteiger partial charge in [-0.1, -0.05) is 259 Å². The van der Waals surface area contributed by atoms with Crippen LogP contribution in [0.3, 0.4) is 0 Å². The molecule has 109 heavy (non-hydrogen) atoms. The summed E-state index contributed by atoms with van der Waals surface area (Å²) in [6, 6.07) is 69.0. The molecule has 0 aliphatic carbocycles. The fourth-order valence-corrected chi connectivity index (χ4v) is 13.0. The lowest BCUT2D eigenvalue weighted by atomic mass is 9.91. The van der Waals surface area contributed by atoms with E-state index < -0.39 is 95.0 Å². The van der Waals surface area contributed by atoms with Crippen LogP contribution in [0.5, 0.6) is 0 Å². The Morgan fingerprint density at radius 2 is 0.890 bits per heavy atom. The maximum absolute atomic E-state index is 13.4. The average molecular weight is 1500 g/mol. The van der Waals surface area contributed by atoms with Crippen LogP contribution in [0.1, 0.15) is 44.5 Å². The van der Waals surface area contributed by atoms with Crippen molar-refractivity contribution in [1.29, 1.82) is 0 Å². The van der Waals surface area contributed by atoms with E-state index in [2.05, 4.69) is 36.6 Å². The number of likely N-dealkylation sites (tertiary alicyclic amines) is 1. The first kappa shape index (κ1) is 77.8. The van der Waals surface area contributed by atoms with Crippen molar-refractivity contribution in [3.05, 3.63) is 309 Å². The van der Waals surface area contributed by atoms with Crippen LogP contribution in [0.4, 0.5) is 0 Å². The third kappa shape index (κ3) is 19.9. The molecule has 7 amide bonds. The number of halogens is 1. The molecular weight excluding hydrogens is 1420 g/mol. The second-order valence-electron chi connectivity index (χ2n) is 25.6. The van der Waals surface area contributed by atoms with Gasteiger partial charge in [-0.15, -0.1) is 0 Å². The van der Waals surface area contributed by atoms with E-state index >= 15 is 0 Å². The monoisotopic (exact) mass is 1500 g/mol. The summed E-state index contributed by atoms with van der Waals surface area (Å²) in [7, 11) is 0. The summed E-state index contributed by atoms with van der Waals surface area (Å²) in [6.07, 6.45) is 0.337. The van der Waals surface area contributed by atoms with Crippen LogP contribution in [0.15, 0.2) is 259 Å². The number of rotatable bonds is 31. The van der Waals surface area contributed by atoms with Crippen molar-refractivity contribution in [2.45, 2.75) is 99.2 Å². The van der Waals surface area contributed by atoms with Crippen molar-refractivity contribution in [2.75, 3.05) is 32.8 Å². The summed E-state index contributed by atoms with van der Waals surface area (Å²) in [5.74, 6) is -5.33. The molecule has 5 aliphatic rings. The van der Waals surface area contributed by atoms with E-state index in [-0.39, 0.29) is 102 Å². The number of hydrogen-bond donors (Lipinski definition) is 6. The zero-order chi connectivity index (χ0) is 76.5. The number of hydrogen-bond acceptors (Lipinski definition) is 19. The molecule has 5 fully saturated rings. The number of alkyl halides is 1. The van der Waals surface area contributed by atoms with Crippen LogP contribution in [-0.2, 0) is 129 Å². The summed E-state index contributed by atoms with van der Waals surface area (Å²) in [4.78, 5) is 142. The van der Waals surface area contributed by atoms with Gasteiger partial charge in [0.05, 0.1) is 37.4 Å². The van der Waals surface area contributed by atoms with Gasteiger partial charge < -0.3 is 50.4 Å². The highest BCUT2D eigenvalue weighted by atomic mass is 35.5. The van der Waals surface area contributed by atoms with Gasteiger partial charge in [0.25, 0.3) is 11.8 Å². The van der Waals surface area contributed by atoms with Crippen LogP contribution in [-0.4, -0.2) is 153 Å². The Morgan fingerprint density at radius 1 is 0.495 bits per heavy atom. The van der Waals surface area contributed by atoms with Crippen LogP contribution in [0.25, 0.3) is 10.4 Å². The standard InChI is InChI=1S/C29H28ClN5O6.C29H29N3O6.C22H21N3O5/c30-29(20-41-40-19-23-14-8-3-9-15-23,28(38)39-18-22-12-6-2-7-13-22)35-24(17-32-34-31)26(27(35)37)33-25(36)16-21-10-4-1-5-11-21;33-25(16-21-10-4-1-5-11-21)31-26-24-17-30-29(32(24)27(26)34,20-38-37-19-23-14-8-3-9-15-23)28(35)36-18-22-12-6-2-7-13-22;26-17(11-14-7-3-1-4-8-14)24-18-16-12-23-20(27)19(25(16)21(18)28)22(29)30-13-15-9-5-2-6-10-15/h1-15,24,26H,16-20H2,(H,33,36);1-15,24,26,30H,16-20H2,(H,31,33);1-10,16,18,29H,11-13H2,(H,23,27)(H,24,26)/t2*24-,26?,29?;16-,18?/m111/s1. The number of benzene rings is 8. The number of aliphatic hydroxyl groups excluding tert-OH is 1. The van der Waals surface area contributed by atoms with E-state index in [9.17, 15) is 48.3 Å². The molecule has 0 bridgehead atoms. The lowest BCUT2D eigenvalue weighted by molar-refractivity contribution is -0.319. The molecule has 0 aromatic heterocycles. The maximum atomic E-state index is 13.4. The third-order valence-electron chi connectivity index (χ3n) is 18.2. The Morgan fingerprint density at radius 3 is 1.34 bits per heavy atom. The van der Waals surface area contributed by atoms with Gasteiger partial charge >= 0.3 is 17.9 Å². The number of aliphatic hydroxyl groups is 1. The Hall–Kier alpha value is -12.3. The maximum Gasteiger partial charge on any atom is 0.350 e. The summed E-state index contributed by atoms with van der Waals surface area (Å²) < 4.78 is 16.4. The van der Waals surface area contributed by atoms with Gasteiger partial charge in [0, 0.05) is 24.5 Å². The summed E-state index contributed by atoms with van der Waals surface area (Å²) >= 11 is 6.82. The molecule has 6 N–H and O–H groups in total. The largest absolute Gasteiger partial charge is 0.479 e. The predicted octanol–water partition coefficient (Wildman–Crippen LogP) is 7.18. The second-order valence-corrected chi connectivity index (χ2v) is 26.3. The molecule has 13 rings (SSSR count). The number of fused-ring (bicyclic) bond motifs is 2. The number of carbonyl (C=O) groups is 9. The molecule has 28 nitrogen and oxygen atoms in total. The van der Waals surface area contributed by atoms with Crippen LogP contribution < -0.4 is 26.6 Å². The van der Waals surface area contributed by atoms with Gasteiger partial charge in [0.15, 0.2) is 5.70 Å². The summed E-state index contributed by atoms with van der Waals surface area (Å²) in [6.45, 7) is -0.472. The van der Waals surface area contributed by atoms with E-state index in [4.69, 9.17) is 50.9 Å². The van der Waals surface area contributed by atoms with Crippen molar-refractivity contribution in [2.24, 2.45) is 5.11 Å². The van der Waals surface area contributed by atoms with Gasteiger partial charge in [0.2, 0.25) is 40.2 Å². The fourth-order valence-electron chi connectivity index (χ4n) is 12.6. The van der Waals surface area contributed by atoms with Gasteiger partial charge in [-0.05, 0) is 50.0 Å². The average Bonchev–Trinajstić information content (AvgIpc) is 1.63. The second kappa shape index (κ2) is 37.8. The van der Waals surface area contributed by atoms with Crippen LogP contribution in [0.2, 0.25) is 0 Å². The molecule has 8 atom stereocenters. The molecule has 5 heterocycles. The number of piperazine rings is 1. The normalized spacial score (nSPS) is 20.2. The highest BCUT2D eigenvalue weighted by Gasteiger charge is 2.66. The predicted molar refractivity (Wildman–Crippen MR) is 392 cm³/mol. The van der Waals surface area contributed by atoms with Crippen molar-refractivity contribution in [3.63, 3.8) is 0 Å². The SMILES string of the molecule is O=C(Cc1ccccc1)NC1C(=O)N2C(=C(O)OCc3ccccc3)C(=O)NC[C@H]12.O=C(Cc1ccccc1)NC1C(=O)N2[C@@H]1CNC2(COOCc1ccccc1)C(=O)OCc1ccccc1.[N-]=[N+]=NC[C@@H]1C(NC(=O)Cc2ccccc2)C(=O)N1C(Cl)(COOCc1ccccc1)C(=O)OCc1ccccc1. The molecule has 562 valence electrons. The topological polar surface area (TPSA) is 357 Å². The van der Waals surface area contributed by atoms with Crippen molar-refractivity contribution >= 4 is 64.9 Å². The first-order valence-electron chi connectivity index (χ1n) is 34.8. The van der Waals surface area contributed by atoms with E-state index in [0.717, 1.165) is 43.8 Å². The Labute approximate surface area is 631 Å². The number of β-lactam (4-membered cyclic amide) rings is 3. The van der Waals surface area contributed by atoms with Crippen LogP contribution in [0, 0.1) is 0 Å². The van der Waals surface area contributed by atoms with Crippen molar-refractivity contribution in [1.82, 2.24) is 41.3 Å². The third-order valence-corrected chi connectivity index (χ3v) is 18.7. The number of nitrogens with one attached hydrogen (secondary N) is 5. The molecule has 0 saturated carbocycles. The molecule has 0 spiro atoms. The summed E-state index contributed by atoms with van der Waals surface area (Å²) in [5, 5.41) is 27.9. The summed E-state index contributed by atoms with van der Waals surface area (Å²) in [5.41, 5.74) is 13.6. The smallest absolute Gasteiger partial charge is 0.350 e. The molecule has 0 radical (unpaired) electrons. The number of amides is 7. The zero-order valence-corrected chi connectivity index (χ0v) is 59.5. The number of esters is 2. The lowest BCUT2D eigenvalue weighted by Crippen LogP contribution is -2.78. The van der Waals surface area contributed by atoms with E-state index in [1.165, 1.54) is 9.80 Å². The molecule has 5 saturated heterocycles. The Balaban J connectivity index is 0.000000164. The van der Waals surface area contributed by atoms with E-state index in [1.807, 2.05) is 194 Å². The number of azide groups is 1. The quantitative estimate of drug-likeness (QED) is 0.00204. The Kier molecular flexibility index (Phi) is 27.0. The number of carbonyl (C=O) groups excluding carboxylic acids is 9. The zero-order valence-electron chi connectivity index (χ0n) is 58.8. The molecule has 5 aliphatic heterocycles. The fraction of sp³-hybridized carbons (Fsp3) is 0.263. The number of nitrogens with zero attached hydrogens (tertiary/aromatic N) is 6. The van der Waals surface area contributed by atoms with Gasteiger partial charge in [-0.25, -0.2) is 29.1 Å². The van der Waals surface area contributed by atoms with E-state index in [1.54, 1.807) is 48.5 Å². The van der Waals surface area contributed by atoms with Crippen molar-refractivity contribution in [3.8, 4) is 0 Å². The van der Waals surface area contributed by atoms with Gasteiger partial charge in [0.1, 0.15) is 64.4 Å². The molecule has 8 aromatic carbocycles. The van der Waals surface area contributed by atoms with E-state index in [0.29, 0.717) is 5.56 Å². The number of ether oxygens (including phenoxy) is 3. The molecule has 5 unspecified atom stereocenters. The minimum atomic E-state index is -2.18.